The van der Waals surface area contributed by atoms with Crippen LogP contribution in [-0.2, 0) is 11.3 Å². The van der Waals surface area contributed by atoms with E-state index in [-0.39, 0.29) is 5.60 Å². The number of nitrogen functional groups attached to an aromatic ring is 1. The molecule has 0 unspecified atom stereocenters. The molecule has 84 valence electrons. The van der Waals surface area contributed by atoms with Crippen LogP contribution < -0.4 is 5.73 Å². The Morgan fingerprint density at radius 3 is 2.73 bits per heavy atom. The van der Waals surface area contributed by atoms with Crippen LogP contribution >= 0.6 is 0 Å². The van der Waals surface area contributed by atoms with Gasteiger partial charge in [-0.15, -0.1) is 0 Å². The average molecular weight is 209 g/mol. The van der Waals surface area contributed by atoms with Gasteiger partial charge in [0, 0.05) is 19.5 Å². The molecule has 15 heavy (non-hydrogen) atoms. The first kappa shape index (κ1) is 10.5. The first-order chi connectivity index (χ1) is 7.26. The number of imidazole rings is 1. The summed E-state index contributed by atoms with van der Waals surface area (Å²) in [5, 5.41) is 0. The van der Waals surface area contributed by atoms with Crippen molar-refractivity contribution in [3.05, 3.63) is 12.4 Å². The number of methoxy groups -OCH3 is 1. The average Bonchev–Trinajstić information content (AvgIpc) is 2.66. The Hall–Kier alpha value is -1.03. The van der Waals surface area contributed by atoms with Gasteiger partial charge in [0.1, 0.15) is 0 Å². The molecule has 4 heteroatoms. The largest absolute Gasteiger partial charge is 0.376 e. The van der Waals surface area contributed by atoms with Crippen LogP contribution in [0.25, 0.3) is 0 Å². The van der Waals surface area contributed by atoms with Crippen LogP contribution in [0.5, 0.6) is 0 Å². The number of rotatable bonds is 3. The molecule has 1 aliphatic rings. The quantitative estimate of drug-likeness (QED) is 0.826. The van der Waals surface area contributed by atoms with Gasteiger partial charge in [-0.25, -0.2) is 4.98 Å². The summed E-state index contributed by atoms with van der Waals surface area (Å²) >= 11 is 0. The van der Waals surface area contributed by atoms with E-state index in [2.05, 4.69) is 4.98 Å². The van der Waals surface area contributed by atoms with Crippen molar-refractivity contribution in [2.45, 2.75) is 44.2 Å². The lowest BCUT2D eigenvalue weighted by molar-refractivity contribution is -0.0514. The highest BCUT2D eigenvalue weighted by molar-refractivity contribution is 5.17. The molecule has 0 amide bonds. The fraction of sp³-hybridized carbons (Fsp3) is 0.727. The molecule has 1 aliphatic carbocycles. The number of ether oxygens (including phenoxy) is 1. The van der Waals surface area contributed by atoms with E-state index in [0.717, 1.165) is 19.4 Å². The highest BCUT2D eigenvalue weighted by Gasteiger charge is 2.32. The minimum atomic E-state index is -0.0208. The van der Waals surface area contributed by atoms with Crippen LogP contribution in [0, 0.1) is 0 Å². The van der Waals surface area contributed by atoms with Gasteiger partial charge >= 0.3 is 0 Å². The SMILES string of the molecule is COC1(Cn2ccnc2N)CCCCC1. The number of anilines is 1. The number of aromatic nitrogens is 2. The van der Waals surface area contributed by atoms with E-state index in [9.17, 15) is 0 Å². The van der Waals surface area contributed by atoms with Crippen molar-refractivity contribution in [1.29, 1.82) is 0 Å². The maximum atomic E-state index is 5.77. The smallest absolute Gasteiger partial charge is 0.200 e. The summed E-state index contributed by atoms with van der Waals surface area (Å²) in [4.78, 5) is 4.03. The first-order valence-corrected chi connectivity index (χ1v) is 5.57. The second-order valence-electron chi connectivity index (χ2n) is 4.36. The molecule has 1 aromatic heterocycles. The van der Waals surface area contributed by atoms with E-state index >= 15 is 0 Å². The van der Waals surface area contributed by atoms with Crippen LogP contribution in [0.1, 0.15) is 32.1 Å². The number of hydrogen-bond acceptors (Lipinski definition) is 3. The van der Waals surface area contributed by atoms with Crippen molar-refractivity contribution in [2.75, 3.05) is 12.8 Å². The van der Waals surface area contributed by atoms with Crippen molar-refractivity contribution >= 4 is 5.95 Å². The minimum Gasteiger partial charge on any atom is -0.376 e. The van der Waals surface area contributed by atoms with Crippen molar-refractivity contribution in [1.82, 2.24) is 9.55 Å². The summed E-state index contributed by atoms with van der Waals surface area (Å²) in [5.41, 5.74) is 5.75. The molecular formula is C11H19N3O. The molecule has 1 heterocycles. The molecule has 2 rings (SSSR count). The number of nitrogens with zero attached hydrogens (tertiary/aromatic N) is 2. The lowest BCUT2D eigenvalue weighted by Gasteiger charge is -2.36. The monoisotopic (exact) mass is 209 g/mol. The molecule has 0 aromatic carbocycles. The summed E-state index contributed by atoms with van der Waals surface area (Å²) in [7, 11) is 1.80. The Kier molecular flexibility index (Phi) is 2.95. The molecule has 4 nitrogen and oxygen atoms in total. The molecule has 0 spiro atoms. The van der Waals surface area contributed by atoms with E-state index in [1.165, 1.54) is 19.3 Å². The van der Waals surface area contributed by atoms with Gasteiger partial charge in [-0.3, -0.25) is 0 Å². The zero-order valence-electron chi connectivity index (χ0n) is 9.28. The lowest BCUT2D eigenvalue weighted by Crippen LogP contribution is -2.38. The second kappa shape index (κ2) is 4.23. The van der Waals surface area contributed by atoms with E-state index in [4.69, 9.17) is 10.5 Å². The molecule has 0 aliphatic heterocycles. The van der Waals surface area contributed by atoms with Gasteiger partial charge in [0.25, 0.3) is 0 Å². The van der Waals surface area contributed by atoms with Gasteiger partial charge in [-0.2, -0.15) is 0 Å². The van der Waals surface area contributed by atoms with Gasteiger partial charge in [-0.1, -0.05) is 19.3 Å². The predicted octanol–water partition coefficient (Wildman–Crippen LogP) is 1.81. The Morgan fingerprint density at radius 2 is 2.20 bits per heavy atom. The van der Waals surface area contributed by atoms with E-state index < -0.39 is 0 Å². The molecule has 0 atom stereocenters. The van der Waals surface area contributed by atoms with Crippen LogP contribution in [0.4, 0.5) is 5.95 Å². The minimum absolute atomic E-state index is 0.0208. The van der Waals surface area contributed by atoms with E-state index in [1.54, 1.807) is 13.3 Å². The summed E-state index contributed by atoms with van der Waals surface area (Å²) in [6, 6.07) is 0. The van der Waals surface area contributed by atoms with Crippen LogP contribution in [0.3, 0.4) is 0 Å². The van der Waals surface area contributed by atoms with Crippen molar-refractivity contribution in [3.8, 4) is 0 Å². The molecule has 0 bridgehead atoms. The number of hydrogen-bond donors (Lipinski definition) is 1. The van der Waals surface area contributed by atoms with Gasteiger partial charge in [0.15, 0.2) is 5.95 Å². The van der Waals surface area contributed by atoms with E-state index in [1.807, 2.05) is 10.8 Å². The number of nitrogens with two attached hydrogens (primary N) is 1. The fourth-order valence-electron chi connectivity index (χ4n) is 2.41. The second-order valence-corrected chi connectivity index (χ2v) is 4.36. The third-order valence-corrected chi connectivity index (χ3v) is 3.40. The molecule has 0 radical (unpaired) electrons. The van der Waals surface area contributed by atoms with Crippen LogP contribution in [0.15, 0.2) is 12.4 Å². The van der Waals surface area contributed by atoms with Gasteiger partial charge in [-0.05, 0) is 12.8 Å². The Labute approximate surface area is 90.4 Å². The van der Waals surface area contributed by atoms with Crippen LogP contribution in [0.2, 0.25) is 0 Å². The molecule has 2 N–H and O–H groups in total. The van der Waals surface area contributed by atoms with Crippen molar-refractivity contribution in [3.63, 3.8) is 0 Å². The normalized spacial score (nSPS) is 20.3. The molecular weight excluding hydrogens is 190 g/mol. The highest BCUT2D eigenvalue weighted by atomic mass is 16.5. The van der Waals surface area contributed by atoms with Gasteiger partial charge in [0.2, 0.25) is 0 Å². The molecule has 1 saturated carbocycles. The Balaban J connectivity index is 2.10. The summed E-state index contributed by atoms with van der Waals surface area (Å²) in [5.74, 6) is 0.581. The fourth-order valence-corrected chi connectivity index (χ4v) is 2.41. The van der Waals surface area contributed by atoms with Gasteiger partial charge in [0.05, 0.1) is 12.1 Å². The Bertz CT molecular complexity index is 315. The van der Waals surface area contributed by atoms with E-state index in [0.29, 0.717) is 5.95 Å². The summed E-state index contributed by atoms with van der Waals surface area (Å²) < 4.78 is 7.68. The third kappa shape index (κ3) is 2.15. The summed E-state index contributed by atoms with van der Waals surface area (Å²) in [6.45, 7) is 0.829. The zero-order valence-corrected chi connectivity index (χ0v) is 9.28. The maximum Gasteiger partial charge on any atom is 0.200 e. The third-order valence-electron chi connectivity index (χ3n) is 3.40. The summed E-state index contributed by atoms with van der Waals surface area (Å²) in [6.07, 6.45) is 9.74. The zero-order chi connectivity index (χ0) is 10.7. The van der Waals surface area contributed by atoms with Crippen molar-refractivity contribution in [2.24, 2.45) is 0 Å². The van der Waals surface area contributed by atoms with Crippen molar-refractivity contribution < 1.29 is 4.74 Å². The Morgan fingerprint density at radius 1 is 1.47 bits per heavy atom. The lowest BCUT2D eigenvalue weighted by atomic mass is 9.84. The molecule has 0 saturated heterocycles. The first-order valence-electron chi connectivity index (χ1n) is 5.57. The predicted molar refractivity (Wildman–Crippen MR) is 59.5 cm³/mol. The molecule has 1 aromatic rings. The molecule has 1 fully saturated rings. The topological polar surface area (TPSA) is 53.1 Å². The maximum absolute atomic E-state index is 5.77. The van der Waals surface area contributed by atoms with Crippen LogP contribution in [-0.4, -0.2) is 22.3 Å². The van der Waals surface area contributed by atoms with Gasteiger partial charge < -0.3 is 15.0 Å². The highest BCUT2D eigenvalue weighted by Crippen LogP contribution is 2.32. The standard InChI is InChI=1S/C11H19N3O/c1-15-11(5-3-2-4-6-11)9-14-8-7-13-10(14)12/h7-8H,2-6,9H2,1H3,(H2,12,13).